The van der Waals surface area contributed by atoms with E-state index in [2.05, 4.69) is 5.32 Å². The fraction of sp³-hybridized carbons (Fsp3) is 0.533. The first kappa shape index (κ1) is 17.6. The molecule has 0 bridgehead atoms. The Morgan fingerprint density at radius 2 is 1.79 bits per heavy atom. The highest BCUT2D eigenvalue weighted by Crippen LogP contribution is 2.38. The average Bonchev–Trinajstić information content (AvgIpc) is 2.55. The Hall–Kier alpha value is -2.71. The van der Waals surface area contributed by atoms with Crippen molar-refractivity contribution in [2.45, 2.75) is 39.0 Å². The molecule has 0 atom stereocenters. The number of carbonyl (C=O) groups excluding carboxylic acids is 1. The molecule has 2 rings (SSSR count). The maximum absolute atomic E-state index is 12.3. The van der Waals surface area contributed by atoms with Crippen molar-refractivity contribution in [3.63, 3.8) is 0 Å². The minimum atomic E-state index is -0.751. The van der Waals surface area contributed by atoms with Gasteiger partial charge >= 0.3 is 5.69 Å². The highest BCUT2D eigenvalue weighted by atomic mass is 16.6. The number of ether oxygens (including phenoxy) is 1. The van der Waals surface area contributed by atoms with Gasteiger partial charge in [-0.3, -0.25) is 25.0 Å². The van der Waals surface area contributed by atoms with E-state index in [9.17, 15) is 25.0 Å². The molecular weight excluding hydrogens is 318 g/mol. The molecule has 130 valence electrons. The lowest BCUT2D eigenvalue weighted by molar-refractivity contribution is -0.394. The van der Waals surface area contributed by atoms with Gasteiger partial charge in [0.15, 0.2) is 5.75 Å². The van der Waals surface area contributed by atoms with Crippen LogP contribution in [0.4, 0.5) is 17.1 Å². The van der Waals surface area contributed by atoms with E-state index >= 15 is 0 Å². The summed E-state index contributed by atoms with van der Waals surface area (Å²) in [5.41, 5.74) is -1.10. The number of hydrogen-bond acceptors (Lipinski definition) is 6. The predicted octanol–water partition coefficient (Wildman–Crippen LogP) is 3.42. The number of hydrogen-bond donors (Lipinski definition) is 1. The molecule has 0 saturated heterocycles. The largest absolute Gasteiger partial charge is 0.487 e. The Morgan fingerprint density at radius 1 is 1.17 bits per heavy atom. The van der Waals surface area contributed by atoms with Gasteiger partial charge in [-0.25, -0.2) is 0 Å². The van der Waals surface area contributed by atoms with Gasteiger partial charge in [0.2, 0.25) is 5.91 Å². The summed E-state index contributed by atoms with van der Waals surface area (Å²) in [4.78, 5) is 33.1. The Labute approximate surface area is 138 Å². The monoisotopic (exact) mass is 337 g/mol. The molecular formula is C15H19N3O6. The number of rotatable bonds is 6. The number of anilines is 1. The predicted molar refractivity (Wildman–Crippen MR) is 86.1 cm³/mol. The molecule has 0 spiro atoms. The third kappa shape index (κ3) is 3.98. The zero-order valence-corrected chi connectivity index (χ0v) is 13.3. The molecule has 1 aliphatic carbocycles. The van der Waals surface area contributed by atoms with Gasteiger partial charge in [-0.05, 0) is 19.8 Å². The zero-order valence-electron chi connectivity index (χ0n) is 13.3. The number of carbonyl (C=O) groups is 1. The lowest BCUT2D eigenvalue weighted by atomic mass is 9.88. The van der Waals surface area contributed by atoms with Crippen molar-refractivity contribution < 1.29 is 19.4 Å². The van der Waals surface area contributed by atoms with Crippen LogP contribution < -0.4 is 10.1 Å². The summed E-state index contributed by atoms with van der Waals surface area (Å²) in [5, 5.41) is 24.8. The van der Waals surface area contributed by atoms with Gasteiger partial charge in [-0.1, -0.05) is 19.3 Å². The summed E-state index contributed by atoms with van der Waals surface area (Å²) < 4.78 is 5.19. The second-order valence-electron chi connectivity index (χ2n) is 5.61. The van der Waals surface area contributed by atoms with Gasteiger partial charge < -0.3 is 10.1 Å². The molecule has 0 heterocycles. The van der Waals surface area contributed by atoms with E-state index < -0.39 is 21.2 Å². The van der Waals surface area contributed by atoms with Crippen LogP contribution >= 0.6 is 0 Å². The molecule has 1 saturated carbocycles. The van der Waals surface area contributed by atoms with Gasteiger partial charge in [-0.15, -0.1) is 0 Å². The van der Waals surface area contributed by atoms with E-state index in [0.717, 1.165) is 44.2 Å². The van der Waals surface area contributed by atoms with Crippen LogP contribution in [0.5, 0.6) is 5.75 Å². The van der Waals surface area contributed by atoms with Gasteiger partial charge in [-0.2, -0.15) is 0 Å². The average molecular weight is 337 g/mol. The number of nitrogens with zero attached hydrogens (tertiary/aromatic N) is 2. The van der Waals surface area contributed by atoms with Crippen molar-refractivity contribution >= 4 is 23.0 Å². The number of nitrogens with one attached hydrogen (secondary N) is 1. The number of nitro benzene ring substituents is 2. The molecule has 0 aromatic heterocycles. The zero-order chi connectivity index (χ0) is 17.7. The molecule has 1 aromatic rings. The van der Waals surface area contributed by atoms with E-state index in [-0.39, 0.29) is 29.9 Å². The van der Waals surface area contributed by atoms with Gasteiger partial charge in [0.25, 0.3) is 5.69 Å². The smallest absolute Gasteiger partial charge is 0.317 e. The van der Waals surface area contributed by atoms with Gasteiger partial charge in [0.05, 0.1) is 22.5 Å². The summed E-state index contributed by atoms with van der Waals surface area (Å²) in [7, 11) is 0. The number of amides is 1. The SMILES string of the molecule is CCOc1cc(NC(=O)C2CCCCC2)c([N+](=O)[O-])cc1[N+](=O)[O-]. The van der Waals surface area contributed by atoms with Crippen LogP contribution in [0.15, 0.2) is 12.1 Å². The fourth-order valence-corrected chi connectivity index (χ4v) is 2.82. The van der Waals surface area contributed by atoms with Crippen LogP contribution in [0.25, 0.3) is 0 Å². The van der Waals surface area contributed by atoms with E-state index in [1.807, 2.05) is 0 Å². The molecule has 9 heteroatoms. The topological polar surface area (TPSA) is 125 Å². The van der Waals surface area contributed by atoms with Crippen molar-refractivity contribution in [2.75, 3.05) is 11.9 Å². The second kappa shape index (κ2) is 7.71. The summed E-state index contributed by atoms with van der Waals surface area (Å²) in [5.74, 6) is -0.592. The van der Waals surface area contributed by atoms with Crippen LogP contribution in [-0.2, 0) is 4.79 Å². The maximum atomic E-state index is 12.3. The Kier molecular flexibility index (Phi) is 5.67. The highest BCUT2D eigenvalue weighted by molar-refractivity contribution is 5.95. The van der Waals surface area contributed by atoms with Gasteiger partial charge in [0, 0.05) is 12.0 Å². The van der Waals surface area contributed by atoms with Crippen molar-refractivity contribution in [1.29, 1.82) is 0 Å². The van der Waals surface area contributed by atoms with Crippen LogP contribution in [0.2, 0.25) is 0 Å². The normalized spacial score (nSPS) is 14.9. The highest BCUT2D eigenvalue weighted by Gasteiger charge is 2.28. The fourth-order valence-electron chi connectivity index (χ4n) is 2.82. The molecule has 1 fully saturated rings. The van der Waals surface area contributed by atoms with Crippen LogP contribution in [0, 0.1) is 26.1 Å². The van der Waals surface area contributed by atoms with Crippen molar-refractivity contribution in [2.24, 2.45) is 5.92 Å². The summed E-state index contributed by atoms with van der Waals surface area (Å²) in [6.07, 6.45) is 4.46. The Balaban J connectivity index is 2.35. The molecule has 0 unspecified atom stereocenters. The van der Waals surface area contributed by atoms with E-state index in [0.29, 0.717) is 0 Å². The minimum Gasteiger partial charge on any atom is -0.487 e. The maximum Gasteiger partial charge on any atom is 0.317 e. The van der Waals surface area contributed by atoms with Gasteiger partial charge in [0.1, 0.15) is 5.69 Å². The first-order valence-electron chi connectivity index (χ1n) is 7.84. The summed E-state index contributed by atoms with van der Waals surface area (Å²) in [6, 6.07) is 1.97. The van der Waals surface area contributed by atoms with Crippen LogP contribution in [-0.4, -0.2) is 22.4 Å². The third-order valence-electron chi connectivity index (χ3n) is 4.00. The van der Waals surface area contributed by atoms with Crippen molar-refractivity contribution in [3.8, 4) is 5.75 Å². The molecule has 1 N–H and O–H groups in total. The quantitative estimate of drug-likeness (QED) is 0.626. The lowest BCUT2D eigenvalue weighted by Gasteiger charge is -2.20. The minimum absolute atomic E-state index is 0.0791. The lowest BCUT2D eigenvalue weighted by Crippen LogP contribution is -2.25. The van der Waals surface area contributed by atoms with Crippen LogP contribution in [0.3, 0.4) is 0 Å². The number of nitro groups is 2. The first-order valence-corrected chi connectivity index (χ1v) is 7.84. The molecule has 24 heavy (non-hydrogen) atoms. The molecule has 1 aromatic carbocycles. The molecule has 0 aliphatic heterocycles. The Morgan fingerprint density at radius 3 is 2.33 bits per heavy atom. The molecule has 9 nitrogen and oxygen atoms in total. The standard InChI is InChI=1S/C15H19N3O6/c1-2-24-14-8-11(12(17(20)21)9-13(14)18(22)23)16-15(19)10-6-4-3-5-7-10/h8-10H,2-7H2,1H3,(H,16,19). The van der Waals surface area contributed by atoms with Crippen molar-refractivity contribution in [1.82, 2.24) is 0 Å². The summed E-state index contributed by atoms with van der Waals surface area (Å²) >= 11 is 0. The Bertz CT molecular complexity index is 655. The van der Waals surface area contributed by atoms with E-state index in [4.69, 9.17) is 4.74 Å². The molecule has 1 aliphatic rings. The first-order chi connectivity index (χ1) is 11.4. The second-order valence-corrected chi connectivity index (χ2v) is 5.61. The third-order valence-corrected chi connectivity index (χ3v) is 4.00. The number of benzene rings is 1. The van der Waals surface area contributed by atoms with Crippen molar-refractivity contribution in [3.05, 3.63) is 32.4 Å². The van der Waals surface area contributed by atoms with E-state index in [1.54, 1.807) is 6.92 Å². The van der Waals surface area contributed by atoms with E-state index in [1.165, 1.54) is 0 Å². The molecule has 0 radical (unpaired) electrons. The van der Waals surface area contributed by atoms with Crippen LogP contribution in [0.1, 0.15) is 39.0 Å². The molecule has 1 amide bonds. The summed E-state index contributed by atoms with van der Waals surface area (Å²) in [6.45, 7) is 1.81.